The molecule has 0 spiro atoms. The lowest BCUT2D eigenvalue weighted by atomic mass is 9.93. The standard InChI is InChI=1S/C17H28N4O2S/c1-12-5-4-7-21(9-12)17(2,3)11-18-15(22)20-16-19-13-6-8-23-10-14(13)24-16/h12H,4-11H2,1-3H3,(H2,18,19,20,22). The highest BCUT2D eigenvalue weighted by Crippen LogP contribution is 2.27. The van der Waals surface area contributed by atoms with Crippen molar-refractivity contribution in [3.8, 4) is 0 Å². The van der Waals surface area contributed by atoms with E-state index in [0.717, 1.165) is 36.0 Å². The average Bonchev–Trinajstić information content (AvgIpc) is 2.95. The smallest absolute Gasteiger partial charge is 0.321 e. The molecule has 0 aliphatic carbocycles. The van der Waals surface area contributed by atoms with E-state index >= 15 is 0 Å². The largest absolute Gasteiger partial charge is 0.375 e. The summed E-state index contributed by atoms with van der Waals surface area (Å²) in [5.74, 6) is 0.732. The van der Waals surface area contributed by atoms with E-state index in [4.69, 9.17) is 4.74 Å². The highest BCUT2D eigenvalue weighted by atomic mass is 32.1. The van der Waals surface area contributed by atoms with Crippen LogP contribution in [0.15, 0.2) is 0 Å². The number of amides is 2. The van der Waals surface area contributed by atoms with Crippen molar-refractivity contribution < 1.29 is 9.53 Å². The number of ether oxygens (including phenoxy) is 1. The van der Waals surface area contributed by atoms with Gasteiger partial charge in [-0.2, -0.15) is 0 Å². The predicted octanol–water partition coefficient (Wildman–Crippen LogP) is 2.85. The van der Waals surface area contributed by atoms with E-state index in [0.29, 0.717) is 24.9 Å². The third-order valence-corrected chi connectivity index (χ3v) is 5.90. The van der Waals surface area contributed by atoms with Gasteiger partial charge in [-0.1, -0.05) is 18.3 Å². The third kappa shape index (κ3) is 4.26. The minimum atomic E-state index is -0.180. The maximum absolute atomic E-state index is 12.2. The monoisotopic (exact) mass is 352 g/mol. The van der Waals surface area contributed by atoms with Gasteiger partial charge >= 0.3 is 6.03 Å². The van der Waals surface area contributed by atoms with Crippen molar-refractivity contribution in [1.82, 2.24) is 15.2 Å². The number of hydrogen-bond donors (Lipinski definition) is 2. The Morgan fingerprint density at radius 3 is 3.08 bits per heavy atom. The van der Waals surface area contributed by atoms with Crippen LogP contribution < -0.4 is 10.6 Å². The molecule has 2 aliphatic rings. The summed E-state index contributed by atoms with van der Waals surface area (Å²) in [6.07, 6.45) is 3.37. The number of fused-ring (bicyclic) bond motifs is 1. The molecule has 3 heterocycles. The van der Waals surface area contributed by atoms with Crippen LogP contribution in [-0.2, 0) is 17.8 Å². The van der Waals surface area contributed by atoms with Crippen molar-refractivity contribution in [2.75, 3.05) is 31.6 Å². The highest BCUT2D eigenvalue weighted by molar-refractivity contribution is 7.15. The molecule has 134 valence electrons. The minimum absolute atomic E-state index is 0.0397. The first-order chi connectivity index (χ1) is 11.4. The molecule has 2 N–H and O–H groups in total. The van der Waals surface area contributed by atoms with Gasteiger partial charge in [0.25, 0.3) is 0 Å². The zero-order valence-corrected chi connectivity index (χ0v) is 15.7. The van der Waals surface area contributed by atoms with Gasteiger partial charge in [-0.3, -0.25) is 10.2 Å². The number of carbonyl (C=O) groups is 1. The molecule has 24 heavy (non-hydrogen) atoms. The van der Waals surface area contributed by atoms with Crippen LogP contribution in [0.25, 0.3) is 0 Å². The second-order valence-corrected chi connectivity index (χ2v) is 8.59. The molecule has 0 aromatic carbocycles. The first-order valence-electron chi connectivity index (χ1n) is 8.80. The van der Waals surface area contributed by atoms with E-state index in [1.165, 1.54) is 24.2 Å². The Bertz CT molecular complexity index is 564. The number of rotatable bonds is 4. The number of carbonyl (C=O) groups excluding carboxylic acids is 1. The van der Waals surface area contributed by atoms with Crippen molar-refractivity contribution in [3.63, 3.8) is 0 Å². The zero-order valence-electron chi connectivity index (χ0n) is 14.9. The van der Waals surface area contributed by atoms with E-state index in [1.54, 1.807) is 0 Å². The van der Waals surface area contributed by atoms with Crippen LogP contribution >= 0.6 is 11.3 Å². The number of piperidine rings is 1. The van der Waals surface area contributed by atoms with E-state index < -0.39 is 0 Å². The molecule has 3 rings (SSSR count). The molecule has 1 aromatic heterocycles. The van der Waals surface area contributed by atoms with Gasteiger partial charge in [0, 0.05) is 25.0 Å². The Morgan fingerprint density at radius 1 is 1.50 bits per heavy atom. The Balaban J connectivity index is 1.50. The summed E-state index contributed by atoms with van der Waals surface area (Å²) in [6, 6.07) is -0.180. The summed E-state index contributed by atoms with van der Waals surface area (Å²) in [7, 11) is 0. The third-order valence-electron chi connectivity index (χ3n) is 4.91. The Kier molecular flexibility index (Phi) is 5.42. The van der Waals surface area contributed by atoms with Gasteiger partial charge in [-0.15, -0.1) is 0 Å². The molecule has 2 amide bonds. The van der Waals surface area contributed by atoms with Gasteiger partial charge in [0.15, 0.2) is 5.13 Å². The molecule has 1 saturated heterocycles. The van der Waals surface area contributed by atoms with Crippen LogP contribution in [0.5, 0.6) is 0 Å². The number of nitrogens with one attached hydrogen (secondary N) is 2. The number of thiazole rings is 1. The van der Waals surface area contributed by atoms with Crippen LogP contribution in [0.4, 0.5) is 9.93 Å². The molecule has 1 fully saturated rings. The van der Waals surface area contributed by atoms with Crippen LogP contribution in [0.2, 0.25) is 0 Å². The molecule has 0 bridgehead atoms. The first kappa shape index (κ1) is 17.6. The number of aromatic nitrogens is 1. The van der Waals surface area contributed by atoms with Crippen LogP contribution in [0.3, 0.4) is 0 Å². The van der Waals surface area contributed by atoms with E-state index in [9.17, 15) is 4.79 Å². The number of anilines is 1. The van der Waals surface area contributed by atoms with Gasteiger partial charge in [-0.25, -0.2) is 9.78 Å². The average molecular weight is 353 g/mol. The fourth-order valence-electron chi connectivity index (χ4n) is 3.37. The summed E-state index contributed by atoms with van der Waals surface area (Å²) >= 11 is 1.51. The summed E-state index contributed by atoms with van der Waals surface area (Å²) in [5.41, 5.74) is 1.02. The molecule has 7 heteroatoms. The molecular formula is C17H28N4O2S. The lowest BCUT2D eigenvalue weighted by Crippen LogP contribution is -2.55. The SMILES string of the molecule is CC1CCCN(C(C)(C)CNC(=O)Nc2nc3c(s2)COCC3)C1. The number of hydrogen-bond acceptors (Lipinski definition) is 5. The molecular weight excluding hydrogens is 324 g/mol. The van der Waals surface area contributed by atoms with Crippen LogP contribution in [0, 0.1) is 5.92 Å². The second-order valence-electron chi connectivity index (χ2n) is 7.51. The normalized spacial score (nSPS) is 22.0. The second kappa shape index (κ2) is 7.37. The van der Waals surface area contributed by atoms with Crippen molar-refractivity contribution in [1.29, 1.82) is 0 Å². The Morgan fingerprint density at radius 2 is 2.33 bits per heavy atom. The van der Waals surface area contributed by atoms with Crippen molar-refractivity contribution in [2.24, 2.45) is 5.92 Å². The molecule has 1 unspecified atom stereocenters. The molecule has 0 radical (unpaired) electrons. The summed E-state index contributed by atoms with van der Waals surface area (Å²) in [5, 5.41) is 6.53. The maximum atomic E-state index is 12.2. The fraction of sp³-hybridized carbons (Fsp3) is 0.765. The van der Waals surface area contributed by atoms with E-state index in [-0.39, 0.29) is 11.6 Å². The van der Waals surface area contributed by atoms with Gasteiger partial charge in [-0.05, 0) is 39.2 Å². The van der Waals surface area contributed by atoms with Crippen molar-refractivity contribution in [2.45, 2.75) is 52.2 Å². The maximum Gasteiger partial charge on any atom is 0.321 e. The summed E-state index contributed by atoms with van der Waals surface area (Å²) in [4.78, 5) is 20.3. The van der Waals surface area contributed by atoms with Crippen molar-refractivity contribution in [3.05, 3.63) is 10.6 Å². The van der Waals surface area contributed by atoms with Crippen LogP contribution in [-0.4, -0.2) is 47.7 Å². The minimum Gasteiger partial charge on any atom is -0.375 e. The summed E-state index contributed by atoms with van der Waals surface area (Å²) < 4.78 is 5.42. The molecule has 6 nitrogen and oxygen atoms in total. The Hall–Kier alpha value is -1.18. The highest BCUT2D eigenvalue weighted by Gasteiger charge is 2.30. The van der Waals surface area contributed by atoms with Gasteiger partial charge in [0.1, 0.15) is 0 Å². The molecule has 2 aliphatic heterocycles. The van der Waals surface area contributed by atoms with E-state index in [2.05, 4.69) is 41.3 Å². The quantitative estimate of drug-likeness (QED) is 0.874. The lowest BCUT2D eigenvalue weighted by Gasteiger charge is -2.43. The number of nitrogens with zero attached hydrogens (tertiary/aromatic N) is 2. The first-order valence-corrected chi connectivity index (χ1v) is 9.62. The molecule has 1 aromatic rings. The topological polar surface area (TPSA) is 66.5 Å². The number of likely N-dealkylation sites (tertiary alicyclic amines) is 1. The van der Waals surface area contributed by atoms with Crippen molar-refractivity contribution >= 4 is 22.5 Å². The Labute approximate surface area is 148 Å². The fourth-order valence-corrected chi connectivity index (χ4v) is 4.31. The lowest BCUT2D eigenvalue weighted by molar-refractivity contribution is 0.0728. The zero-order chi connectivity index (χ0) is 17.2. The molecule has 0 saturated carbocycles. The summed E-state index contributed by atoms with van der Waals surface area (Å²) in [6.45, 7) is 10.9. The molecule has 1 atom stereocenters. The van der Waals surface area contributed by atoms with Gasteiger partial charge < -0.3 is 10.1 Å². The predicted molar refractivity (Wildman–Crippen MR) is 96.5 cm³/mol. The van der Waals surface area contributed by atoms with Gasteiger partial charge in [0.05, 0.1) is 23.8 Å². The van der Waals surface area contributed by atoms with Gasteiger partial charge in [0.2, 0.25) is 0 Å². The van der Waals surface area contributed by atoms with E-state index in [1.807, 2.05) is 0 Å². The van der Waals surface area contributed by atoms with Crippen LogP contribution in [0.1, 0.15) is 44.2 Å². The number of urea groups is 1.